The summed E-state index contributed by atoms with van der Waals surface area (Å²) < 4.78 is 90.4. The summed E-state index contributed by atoms with van der Waals surface area (Å²) in [5, 5.41) is 18.5. The number of fused-ring (bicyclic) bond motifs is 2. The number of carboxylic acids is 2. The predicted octanol–water partition coefficient (Wildman–Crippen LogP) is 6.09. The highest BCUT2D eigenvalue weighted by Crippen LogP contribution is 2.57. The van der Waals surface area contributed by atoms with E-state index in [0.29, 0.717) is 34.1 Å². The Hall–Kier alpha value is -6.32. The summed E-state index contributed by atoms with van der Waals surface area (Å²) in [6, 6.07) is 11.2. The monoisotopic (exact) mass is 682 g/mol. The Balaban J connectivity index is 1.50. The quantitative estimate of drug-likeness (QED) is 0.183. The Morgan fingerprint density at radius 2 is 0.837 bits per heavy atom. The normalized spacial score (nSPS) is 14.7. The molecule has 0 unspecified atom stereocenters. The van der Waals surface area contributed by atoms with Crippen LogP contribution in [0.25, 0.3) is 0 Å². The van der Waals surface area contributed by atoms with Crippen molar-refractivity contribution in [1.29, 1.82) is 0 Å². The molecule has 0 saturated carbocycles. The molecule has 2 heterocycles. The van der Waals surface area contributed by atoms with Crippen LogP contribution in [0.1, 0.15) is 73.3 Å². The molecule has 2 aliphatic rings. The van der Waals surface area contributed by atoms with Crippen molar-refractivity contribution in [1.82, 2.24) is 0 Å². The molecule has 0 atom stereocenters. The second-order valence-corrected chi connectivity index (χ2v) is 10.9. The minimum atomic E-state index is -6.20. The number of carboxylic acid groups (broad SMARTS) is 2. The number of nitrogens with zero attached hydrogens (tertiary/aromatic N) is 2. The van der Waals surface area contributed by atoms with Crippen molar-refractivity contribution in [2.75, 3.05) is 9.80 Å². The van der Waals surface area contributed by atoms with Crippen LogP contribution in [-0.4, -0.2) is 58.1 Å². The molecular weight excluding hydrogens is 666 g/mol. The molecule has 4 aromatic rings. The Morgan fingerprint density at radius 3 is 1.16 bits per heavy atom. The second kappa shape index (κ2) is 10.9. The number of benzene rings is 4. The van der Waals surface area contributed by atoms with Gasteiger partial charge < -0.3 is 10.2 Å². The highest BCUT2D eigenvalue weighted by molar-refractivity contribution is 6.35. The molecule has 0 bridgehead atoms. The van der Waals surface area contributed by atoms with E-state index >= 15 is 26.3 Å². The van der Waals surface area contributed by atoms with Crippen molar-refractivity contribution in [3.63, 3.8) is 0 Å². The first kappa shape index (κ1) is 32.6. The molecule has 16 heteroatoms. The number of anilines is 2. The van der Waals surface area contributed by atoms with Crippen molar-refractivity contribution in [3.05, 3.63) is 129 Å². The molecule has 248 valence electrons. The average Bonchev–Trinajstić information content (AvgIpc) is 3.43. The number of carbonyl (C=O) groups excluding carboxylic acids is 4. The van der Waals surface area contributed by atoms with E-state index in [0.717, 1.165) is 36.4 Å². The zero-order valence-corrected chi connectivity index (χ0v) is 24.1. The van der Waals surface area contributed by atoms with Crippen molar-refractivity contribution in [2.45, 2.75) is 17.8 Å². The van der Waals surface area contributed by atoms with Crippen LogP contribution in [0.3, 0.4) is 0 Å². The van der Waals surface area contributed by atoms with Crippen LogP contribution in [0.5, 0.6) is 0 Å². The van der Waals surface area contributed by atoms with Gasteiger partial charge in [0.05, 0.1) is 44.8 Å². The molecule has 0 saturated heterocycles. The third-order valence-electron chi connectivity index (χ3n) is 8.19. The van der Waals surface area contributed by atoms with Gasteiger partial charge in [-0.05, 0) is 71.8 Å². The van der Waals surface area contributed by atoms with Crippen LogP contribution in [0.15, 0.2) is 84.9 Å². The van der Waals surface area contributed by atoms with Gasteiger partial charge >= 0.3 is 24.3 Å². The lowest BCUT2D eigenvalue weighted by molar-refractivity contribution is -0.288. The zero-order valence-electron chi connectivity index (χ0n) is 24.1. The van der Waals surface area contributed by atoms with Crippen LogP contribution >= 0.6 is 0 Å². The summed E-state index contributed by atoms with van der Waals surface area (Å²) in [5.74, 6) is -7.78. The molecule has 2 aliphatic heterocycles. The van der Waals surface area contributed by atoms with Gasteiger partial charge in [-0.25, -0.2) is 19.4 Å². The first-order valence-electron chi connectivity index (χ1n) is 13.8. The minimum Gasteiger partial charge on any atom is -0.478 e. The van der Waals surface area contributed by atoms with Gasteiger partial charge in [0.1, 0.15) is 0 Å². The maximum atomic E-state index is 15.1. The van der Waals surface area contributed by atoms with Gasteiger partial charge in [-0.1, -0.05) is 24.3 Å². The third kappa shape index (κ3) is 4.74. The molecule has 0 fully saturated rings. The number of hydrogen-bond acceptors (Lipinski definition) is 6. The number of amides is 4. The Labute approximate surface area is 269 Å². The van der Waals surface area contributed by atoms with E-state index in [9.17, 15) is 39.0 Å². The largest absolute Gasteiger partial charge is 0.478 e. The maximum absolute atomic E-state index is 15.1. The molecule has 4 aromatic carbocycles. The molecule has 6 rings (SSSR count). The fourth-order valence-electron chi connectivity index (χ4n) is 5.96. The molecule has 0 aliphatic carbocycles. The zero-order chi connectivity index (χ0) is 35.8. The van der Waals surface area contributed by atoms with Crippen molar-refractivity contribution in [2.24, 2.45) is 0 Å². The Bertz CT molecular complexity index is 2020. The lowest BCUT2D eigenvalue weighted by Gasteiger charge is -2.38. The van der Waals surface area contributed by atoms with Crippen LogP contribution in [0.4, 0.5) is 37.7 Å². The van der Waals surface area contributed by atoms with Crippen LogP contribution in [0, 0.1) is 0 Å². The highest BCUT2D eigenvalue weighted by atomic mass is 19.4. The minimum absolute atomic E-state index is 0.265. The van der Waals surface area contributed by atoms with Crippen molar-refractivity contribution < 1.29 is 65.3 Å². The fourth-order valence-corrected chi connectivity index (χ4v) is 5.96. The van der Waals surface area contributed by atoms with Gasteiger partial charge in [-0.3, -0.25) is 19.2 Å². The number of halogens is 6. The third-order valence-corrected chi connectivity index (χ3v) is 8.19. The van der Waals surface area contributed by atoms with E-state index in [1.54, 1.807) is 0 Å². The van der Waals surface area contributed by atoms with Gasteiger partial charge in [0.25, 0.3) is 23.6 Å². The molecule has 0 aromatic heterocycles. The van der Waals surface area contributed by atoms with E-state index in [2.05, 4.69) is 0 Å². The fraction of sp³-hybridized carbons (Fsp3) is 0.0909. The van der Waals surface area contributed by atoms with Gasteiger partial charge in [-0.2, -0.15) is 26.3 Å². The predicted molar refractivity (Wildman–Crippen MR) is 155 cm³/mol. The highest BCUT2D eigenvalue weighted by Gasteiger charge is 2.73. The summed E-state index contributed by atoms with van der Waals surface area (Å²) >= 11 is 0. The topological polar surface area (TPSA) is 149 Å². The second-order valence-electron chi connectivity index (χ2n) is 10.9. The lowest BCUT2D eigenvalue weighted by Crippen LogP contribution is -2.55. The van der Waals surface area contributed by atoms with Crippen molar-refractivity contribution in [3.8, 4) is 0 Å². The van der Waals surface area contributed by atoms with E-state index in [1.165, 1.54) is 12.1 Å². The van der Waals surface area contributed by atoms with E-state index < -0.39 is 86.7 Å². The lowest BCUT2D eigenvalue weighted by atomic mass is 9.71. The summed E-state index contributed by atoms with van der Waals surface area (Å²) in [6.07, 6.45) is -12.4. The Kier molecular flexibility index (Phi) is 7.23. The van der Waals surface area contributed by atoms with Gasteiger partial charge in [0, 0.05) is 0 Å². The smallest absolute Gasteiger partial charge is 0.411 e. The van der Waals surface area contributed by atoms with E-state index in [-0.39, 0.29) is 34.6 Å². The van der Waals surface area contributed by atoms with Crippen molar-refractivity contribution >= 4 is 46.9 Å². The molecule has 10 nitrogen and oxygen atoms in total. The summed E-state index contributed by atoms with van der Waals surface area (Å²) in [6.45, 7) is 0. The summed E-state index contributed by atoms with van der Waals surface area (Å²) in [7, 11) is 0. The first-order chi connectivity index (χ1) is 22.9. The van der Waals surface area contributed by atoms with Gasteiger partial charge in [0.2, 0.25) is 5.41 Å². The number of carbonyl (C=O) groups is 6. The number of imide groups is 2. The van der Waals surface area contributed by atoms with Gasteiger partial charge in [-0.15, -0.1) is 0 Å². The average molecular weight is 682 g/mol. The number of alkyl halides is 6. The SMILES string of the molecule is O=C(O)c1cccc(N2C(=O)c3ccc(C(c4ccc5c(c4)C(=O)N(c4cccc(C(=O)O)c4)C5=O)(C(F)(F)F)C(F)(F)F)cc3C2=O)c1. The number of hydrogen-bond donors (Lipinski definition) is 2. The summed E-state index contributed by atoms with van der Waals surface area (Å²) in [5.41, 5.74) is -12.1. The molecule has 0 spiro atoms. The molecule has 49 heavy (non-hydrogen) atoms. The standard InChI is InChI=1S/C33H16F6N2O8/c34-32(35,36)31(33(37,38)39,17-7-9-21-23(13-17)27(44)40(25(21)42)19-5-1-3-15(11-19)29(46)47)18-8-10-22-24(14-18)28(45)41(26(22)43)20-6-2-4-16(12-20)30(48)49/h1-14H,(H,46,47)(H,48,49). The maximum Gasteiger partial charge on any atom is 0.411 e. The first-order valence-corrected chi connectivity index (χ1v) is 13.8. The Morgan fingerprint density at radius 1 is 0.490 bits per heavy atom. The molecule has 0 radical (unpaired) electrons. The van der Waals surface area contributed by atoms with Gasteiger partial charge in [0.15, 0.2) is 0 Å². The van der Waals surface area contributed by atoms with Crippen LogP contribution in [-0.2, 0) is 5.41 Å². The molecule has 4 amide bonds. The summed E-state index contributed by atoms with van der Waals surface area (Å²) in [4.78, 5) is 76.6. The number of aromatic carboxylic acids is 2. The number of rotatable bonds is 6. The van der Waals surface area contributed by atoms with Crippen LogP contribution in [0.2, 0.25) is 0 Å². The molecule has 2 N–H and O–H groups in total. The van der Waals surface area contributed by atoms with E-state index in [1.807, 2.05) is 0 Å². The van der Waals surface area contributed by atoms with E-state index in [4.69, 9.17) is 0 Å². The van der Waals surface area contributed by atoms with Crippen LogP contribution < -0.4 is 9.80 Å². The molecular formula is C33H16F6N2O8.